The van der Waals surface area contributed by atoms with Crippen LogP contribution in [0.4, 0.5) is 0 Å². The van der Waals surface area contributed by atoms with Crippen LogP contribution in [-0.4, -0.2) is 21.3 Å². The number of ether oxygens (including phenoxy) is 1. The maximum atomic E-state index is 10.1. The van der Waals surface area contributed by atoms with Crippen LogP contribution in [-0.2, 0) is 0 Å². The van der Waals surface area contributed by atoms with E-state index < -0.39 is 11.2 Å². The average Bonchev–Trinajstić information content (AvgIpc) is 2.27. The molecule has 0 bridgehead atoms. The minimum Gasteiger partial charge on any atom is -0.485 e. The number of benzene rings is 1. The van der Waals surface area contributed by atoms with Crippen LogP contribution in [0.2, 0.25) is 0 Å². The number of nitrogens with zero attached hydrogens (tertiary/aromatic N) is 1. The Balaban J connectivity index is 2.33. The van der Waals surface area contributed by atoms with Crippen LogP contribution in [0.1, 0.15) is 27.7 Å². The van der Waals surface area contributed by atoms with Gasteiger partial charge in [0, 0.05) is 11.6 Å². The van der Waals surface area contributed by atoms with E-state index in [1.165, 1.54) is 0 Å². The highest BCUT2D eigenvalue weighted by molar-refractivity contribution is 5.79. The highest BCUT2D eigenvalue weighted by Crippen LogP contribution is 2.29. The third-order valence-electron chi connectivity index (χ3n) is 3.42. The summed E-state index contributed by atoms with van der Waals surface area (Å²) in [6.45, 7) is 7.24. The van der Waals surface area contributed by atoms with Crippen molar-refractivity contribution in [1.29, 1.82) is 0 Å². The van der Waals surface area contributed by atoms with Crippen LogP contribution < -0.4 is 4.74 Å². The van der Waals surface area contributed by atoms with Gasteiger partial charge in [-0.1, -0.05) is 6.07 Å². The molecule has 0 radical (unpaired) electrons. The zero-order valence-electron chi connectivity index (χ0n) is 11.3. The molecule has 1 aromatic heterocycles. The monoisotopic (exact) mass is 245 g/mol. The lowest BCUT2D eigenvalue weighted by Gasteiger charge is -2.37. The van der Waals surface area contributed by atoms with E-state index in [2.05, 4.69) is 4.98 Å². The molecular formula is C15H19NO2. The second kappa shape index (κ2) is 4.25. The van der Waals surface area contributed by atoms with Crippen molar-refractivity contribution >= 4 is 10.9 Å². The summed E-state index contributed by atoms with van der Waals surface area (Å²) in [6.07, 6.45) is 1.77. The van der Waals surface area contributed by atoms with Gasteiger partial charge in [-0.3, -0.25) is 4.98 Å². The Morgan fingerprint density at radius 3 is 2.50 bits per heavy atom. The molecule has 2 rings (SSSR count). The normalized spacial score (nSPS) is 12.7. The molecule has 0 saturated carbocycles. The molecule has 0 spiro atoms. The fourth-order valence-electron chi connectivity index (χ4n) is 1.54. The van der Waals surface area contributed by atoms with Gasteiger partial charge in [0.2, 0.25) is 0 Å². The minimum atomic E-state index is -0.920. The molecule has 0 aliphatic heterocycles. The van der Waals surface area contributed by atoms with E-state index in [0.29, 0.717) is 0 Å². The van der Waals surface area contributed by atoms with Crippen LogP contribution in [0, 0.1) is 0 Å². The summed E-state index contributed by atoms with van der Waals surface area (Å²) in [5, 5.41) is 11.1. The number of pyridine rings is 1. The van der Waals surface area contributed by atoms with E-state index in [-0.39, 0.29) is 0 Å². The van der Waals surface area contributed by atoms with Gasteiger partial charge in [0.05, 0.1) is 11.1 Å². The summed E-state index contributed by atoms with van der Waals surface area (Å²) in [4.78, 5) is 4.26. The molecule has 3 heteroatoms. The van der Waals surface area contributed by atoms with Gasteiger partial charge in [-0.25, -0.2) is 0 Å². The Kier molecular flexibility index (Phi) is 3.03. The van der Waals surface area contributed by atoms with E-state index in [4.69, 9.17) is 4.74 Å². The fourth-order valence-corrected chi connectivity index (χ4v) is 1.54. The molecule has 1 aromatic carbocycles. The second-order valence-corrected chi connectivity index (χ2v) is 5.53. The van der Waals surface area contributed by atoms with E-state index in [1.807, 2.05) is 44.2 Å². The van der Waals surface area contributed by atoms with Gasteiger partial charge < -0.3 is 9.84 Å². The van der Waals surface area contributed by atoms with E-state index in [9.17, 15) is 5.11 Å². The van der Waals surface area contributed by atoms with Crippen LogP contribution in [0.15, 0.2) is 36.5 Å². The maximum Gasteiger partial charge on any atom is 0.131 e. The molecule has 2 aromatic rings. The van der Waals surface area contributed by atoms with Gasteiger partial charge in [0.1, 0.15) is 11.4 Å². The zero-order valence-corrected chi connectivity index (χ0v) is 11.3. The van der Waals surface area contributed by atoms with Crippen molar-refractivity contribution < 1.29 is 9.84 Å². The number of fused-ring (bicyclic) bond motifs is 1. The molecule has 0 aliphatic carbocycles. The van der Waals surface area contributed by atoms with Crippen LogP contribution >= 0.6 is 0 Å². The van der Waals surface area contributed by atoms with Crippen LogP contribution in [0.25, 0.3) is 10.9 Å². The molecule has 96 valence electrons. The number of aliphatic hydroxyl groups is 1. The largest absolute Gasteiger partial charge is 0.485 e. The summed E-state index contributed by atoms with van der Waals surface area (Å²) in [5.41, 5.74) is -0.648. The van der Waals surface area contributed by atoms with Gasteiger partial charge >= 0.3 is 0 Å². The summed E-state index contributed by atoms with van der Waals surface area (Å²) in [6, 6.07) is 9.63. The van der Waals surface area contributed by atoms with Crippen molar-refractivity contribution in [2.45, 2.75) is 38.9 Å². The Morgan fingerprint density at radius 2 is 1.83 bits per heavy atom. The minimum absolute atomic E-state index is 0.664. The first-order valence-electron chi connectivity index (χ1n) is 6.06. The molecule has 0 saturated heterocycles. The quantitative estimate of drug-likeness (QED) is 0.903. The highest BCUT2D eigenvalue weighted by atomic mass is 16.5. The molecule has 0 atom stereocenters. The summed E-state index contributed by atoms with van der Waals surface area (Å²) < 4.78 is 5.90. The lowest BCUT2D eigenvalue weighted by Crippen LogP contribution is -2.49. The molecule has 0 aliphatic rings. The van der Waals surface area contributed by atoms with Gasteiger partial charge in [0.15, 0.2) is 0 Å². The zero-order chi connectivity index (χ0) is 13.4. The molecule has 0 unspecified atom stereocenters. The third-order valence-corrected chi connectivity index (χ3v) is 3.42. The topological polar surface area (TPSA) is 42.4 Å². The molecular weight excluding hydrogens is 226 g/mol. The van der Waals surface area contributed by atoms with Crippen molar-refractivity contribution in [2.24, 2.45) is 0 Å². The second-order valence-electron chi connectivity index (χ2n) is 5.53. The number of aromatic nitrogens is 1. The van der Waals surface area contributed by atoms with Gasteiger partial charge in [-0.05, 0) is 52.0 Å². The van der Waals surface area contributed by atoms with Gasteiger partial charge in [-0.2, -0.15) is 0 Å². The van der Waals surface area contributed by atoms with Gasteiger partial charge in [-0.15, -0.1) is 0 Å². The Bertz CT molecular complexity index is 556. The lowest BCUT2D eigenvalue weighted by atomic mass is 9.89. The number of hydrogen-bond donors (Lipinski definition) is 1. The van der Waals surface area contributed by atoms with E-state index >= 15 is 0 Å². The lowest BCUT2D eigenvalue weighted by molar-refractivity contribution is -0.0906. The summed E-state index contributed by atoms with van der Waals surface area (Å²) >= 11 is 0. The first-order valence-corrected chi connectivity index (χ1v) is 6.06. The Labute approximate surface area is 107 Å². The van der Waals surface area contributed by atoms with Crippen molar-refractivity contribution in [3.8, 4) is 5.75 Å². The van der Waals surface area contributed by atoms with Crippen molar-refractivity contribution in [2.75, 3.05) is 0 Å². The van der Waals surface area contributed by atoms with Crippen LogP contribution in [0.5, 0.6) is 5.75 Å². The Hall–Kier alpha value is -1.61. The van der Waals surface area contributed by atoms with Crippen LogP contribution in [0.3, 0.4) is 0 Å². The summed E-state index contributed by atoms with van der Waals surface area (Å²) in [5.74, 6) is 0.739. The molecule has 3 nitrogen and oxygen atoms in total. The fraction of sp³-hybridized carbons (Fsp3) is 0.400. The molecule has 18 heavy (non-hydrogen) atoms. The smallest absolute Gasteiger partial charge is 0.131 e. The highest BCUT2D eigenvalue weighted by Gasteiger charge is 2.37. The Morgan fingerprint density at radius 1 is 1.11 bits per heavy atom. The predicted octanol–water partition coefficient (Wildman–Crippen LogP) is 3.16. The predicted molar refractivity (Wildman–Crippen MR) is 72.7 cm³/mol. The van der Waals surface area contributed by atoms with Crippen molar-refractivity contribution in [1.82, 2.24) is 4.98 Å². The standard InChI is InChI=1S/C15H19NO2/c1-14(2,17)15(3,4)18-12-7-8-13-11(10-12)6-5-9-16-13/h5-10,17H,1-4H3. The van der Waals surface area contributed by atoms with Crippen molar-refractivity contribution in [3.05, 3.63) is 36.5 Å². The third kappa shape index (κ3) is 2.46. The number of rotatable bonds is 3. The average molecular weight is 245 g/mol. The molecule has 1 N–H and O–H groups in total. The first kappa shape index (κ1) is 12.8. The van der Waals surface area contributed by atoms with E-state index in [1.54, 1.807) is 20.0 Å². The number of hydrogen-bond acceptors (Lipinski definition) is 3. The van der Waals surface area contributed by atoms with E-state index in [0.717, 1.165) is 16.7 Å². The molecule has 1 heterocycles. The molecule has 0 amide bonds. The van der Waals surface area contributed by atoms with Gasteiger partial charge in [0.25, 0.3) is 0 Å². The summed E-state index contributed by atoms with van der Waals surface area (Å²) in [7, 11) is 0. The maximum absolute atomic E-state index is 10.1. The van der Waals surface area contributed by atoms with Crippen molar-refractivity contribution in [3.63, 3.8) is 0 Å². The molecule has 0 fully saturated rings. The first-order chi connectivity index (χ1) is 8.29. The SMILES string of the molecule is CC(C)(O)C(C)(C)Oc1ccc2ncccc2c1.